The highest BCUT2D eigenvalue weighted by atomic mass is 35.5. The van der Waals surface area contributed by atoms with Gasteiger partial charge in [0.1, 0.15) is 12.1 Å². The van der Waals surface area contributed by atoms with Crippen LogP contribution in [0.2, 0.25) is 10.0 Å². The van der Waals surface area contributed by atoms with Gasteiger partial charge in [-0.15, -0.1) is 0 Å². The van der Waals surface area contributed by atoms with E-state index in [9.17, 15) is 12.8 Å². The number of methoxy groups -OCH3 is 1. The summed E-state index contributed by atoms with van der Waals surface area (Å²) in [6.45, 7) is 4.87. The van der Waals surface area contributed by atoms with Crippen molar-refractivity contribution in [3.05, 3.63) is 76.3 Å². The Bertz CT molecular complexity index is 1750. The molecule has 2 atom stereocenters. The van der Waals surface area contributed by atoms with Crippen molar-refractivity contribution in [3.63, 3.8) is 0 Å². The van der Waals surface area contributed by atoms with Gasteiger partial charge in [-0.05, 0) is 74.9 Å². The Morgan fingerprint density at radius 3 is 2.36 bits per heavy atom. The van der Waals surface area contributed by atoms with Crippen LogP contribution >= 0.6 is 23.2 Å². The molecule has 1 aliphatic carbocycles. The quantitative estimate of drug-likeness (QED) is 0.159. The van der Waals surface area contributed by atoms with Gasteiger partial charge in [-0.25, -0.2) is 14.4 Å². The zero-order valence-corrected chi connectivity index (χ0v) is 26.8. The Morgan fingerprint density at radius 2 is 1.73 bits per heavy atom. The van der Waals surface area contributed by atoms with Crippen molar-refractivity contribution >= 4 is 55.7 Å². The van der Waals surface area contributed by atoms with Gasteiger partial charge in [-0.1, -0.05) is 40.9 Å². The van der Waals surface area contributed by atoms with Gasteiger partial charge in [0.05, 0.1) is 39.9 Å². The van der Waals surface area contributed by atoms with Gasteiger partial charge in [0.25, 0.3) is 10.1 Å². The minimum atomic E-state index is -4.02. The van der Waals surface area contributed by atoms with Crippen LogP contribution in [0, 0.1) is 30.5 Å². The van der Waals surface area contributed by atoms with Crippen molar-refractivity contribution in [1.82, 2.24) is 14.9 Å². The molecule has 2 unspecified atom stereocenters. The molecule has 4 aromatic rings. The van der Waals surface area contributed by atoms with E-state index in [0.29, 0.717) is 40.7 Å². The maximum atomic E-state index is 14.5. The molecule has 0 spiro atoms. The zero-order chi connectivity index (χ0) is 31.6. The molecule has 1 aromatic heterocycles. The molecule has 44 heavy (non-hydrogen) atoms. The number of rotatable bonds is 7. The summed E-state index contributed by atoms with van der Waals surface area (Å²) in [6.07, 6.45) is 3.83. The summed E-state index contributed by atoms with van der Waals surface area (Å²) in [7, 11) is -0.224. The van der Waals surface area contributed by atoms with E-state index in [1.165, 1.54) is 56.5 Å². The predicted octanol–water partition coefficient (Wildman–Crippen LogP) is 7.04. The van der Waals surface area contributed by atoms with Crippen LogP contribution in [0.1, 0.15) is 18.4 Å². The molecule has 13 heteroatoms. The summed E-state index contributed by atoms with van der Waals surface area (Å²) >= 11 is 11.8. The van der Waals surface area contributed by atoms with Crippen LogP contribution in [-0.4, -0.2) is 61.7 Å². The van der Waals surface area contributed by atoms with Gasteiger partial charge in [0, 0.05) is 24.5 Å². The number of halogens is 3. The number of hydrogen-bond donors (Lipinski definition) is 2. The van der Waals surface area contributed by atoms with Gasteiger partial charge in [0.2, 0.25) is 0 Å². The fourth-order valence-electron chi connectivity index (χ4n) is 5.90. The number of hydrogen-bond acceptors (Lipinski definition) is 8. The lowest BCUT2D eigenvalue weighted by Crippen LogP contribution is -2.18. The van der Waals surface area contributed by atoms with Gasteiger partial charge >= 0.3 is 0 Å². The average Bonchev–Trinajstić information content (AvgIpc) is 3.53. The van der Waals surface area contributed by atoms with Crippen LogP contribution < -0.4 is 14.8 Å². The third-order valence-corrected chi connectivity index (χ3v) is 9.68. The van der Waals surface area contributed by atoms with Crippen LogP contribution in [0.3, 0.4) is 0 Å². The normalized spacial score (nSPS) is 19.8. The van der Waals surface area contributed by atoms with Crippen LogP contribution in [0.4, 0.5) is 15.9 Å². The van der Waals surface area contributed by atoms with Gasteiger partial charge in [-0.2, -0.15) is 8.42 Å². The lowest BCUT2D eigenvalue weighted by atomic mass is 10.0. The molecule has 2 aliphatic rings. The Balaban J connectivity index is 0.000000296. The van der Waals surface area contributed by atoms with E-state index >= 15 is 0 Å². The molecule has 1 aliphatic heterocycles. The molecular weight excluding hydrogens is 630 g/mol. The highest BCUT2D eigenvalue weighted by Gasteiger charge is 2.39. The summed E-state index contributed by atoms with van der Waals surface area (Å²) in [5, 5.41) is 3.66. The van der Waals surface area contributed by atoms with E-state index < -0.39 is 15.9 Å². The first-order chi connectivity index (χ1) is 20.9. The monoisotopic (exact) mass is 662 g/mol. The molecule has 3 aromatic carbocycles. The van der Waals surface area contributed by atoms with Crippen molar-refractivity contribution in [2.75, 3.05) is 39.2 Å². The minimum absolute atomic E-state index is 0.0666. The summed E-state index contributed by atoms with van der Waals surface area (Å²) in [4.78, 5) is 11.0. The number of nitrogens with one attached hydrogen (secondary N) is 1. The van der Waals surface area contributed by atoms with Crippen molar-refractivity contribution in [2.45, 2.75) is 24.7 Å². The third kappa shape index (κ3) is 7.35. The van der Waals surface area contributed by atoms with Crippen LogP contribution in [0.15, 0.2) is 59.8 Å². The number of benzene rings is 3. The van der Waals surface area contributed by atoms with E-state index in [1.54, 1.807) is 25.3 Å². The molecule has 1 saturated carbocycles. The number of anilines is 2. The van der Waals surface area contributed by atoms with E-state index in [1.807, 2.05) is 13.0 Å². The number of fused-ring (bicyclic) bond motifs is 2. The van der Waals surface area contributed by atoms with Crippen molar-refractivity contribution in [1.29, 1.82) is 0 Å². The first-order valence-corrected chi connectivity index (χ1v) is 16.2. The smallest absolute Gasteiger partial charge is 0.294 e. The van der Waals surface area contributed by atoms with Crippen LogP contribution in [0.25, 0.3) is 10.9 Å². The number of likely N-dealkylation sites (tertiary alicyclic amines) is 1. The molecule has 234 valence electrons. The molecular formula is C31H33Cl2FN4O5S. The zero-order valence-electron chi connectivity index (χ0n) is 24.4. The summed E-state index contributed by atoms with van der Waals surface area (Å²) < 4.78 is 55.9. The van der Waals surface area contributed by atoms with E-state index in [2.05, 4.69) is 27.2 Å². The first-order valence-electron chi connectivity index (χ1n) is 14.0. The third-order valence-electron chi connectivity index (χ3n) is 8.03. The van der Waals surface area contributed by atoms with Crippen LogP contribution in [0.5, 0.6) is 11.5 Å². The van der Waals surface area contributed by atoms with E-state index in [0.717, 1.165) is 17.4 Å². The van der Waals surface area contributed by atoms with Crippen molar-refractivity contribution in [2.24, 2.45) is 17.8 Å². The molecule has 0 amide bonds. The lowest BCUT2D eigenvalue weighted by molar-refractivity contribution is 0.227. The maximum absolute atomic E-state index is 14.5. The summed E-state index contributed by atoms with van der Waals surface area (Å²) in [6, 6.07) is 12.7. The maximum Gasteiger partial charge on any atom is 0.294 e. The first kappa shape index (κ1) is 32.2. The number of aryl methyl sites for hydroxylation is 1. The standard InChI is InChI=1S/C24H25Cl2FN4O2.C7H8O3S/c1-31-9-14-5-13(6-15(14)10-31)11-33-21-8-19-16(7-20(21)32-2)24(29-12-28-19)30-18-4-3-17(25)22(26)23(18)27;1-6-2-4-7(5-3-6)11(8,9)10/h3-4,7-8,12-15H,5-6,9-11H2,1-2H3,(H,28,29,30);2-5H,1H3,(H,8,9,10). The molecule has 2 heterocycles. The van der Waals surface area contributed by atoms with Gasteiger partial charge in [-0.3, -0.25) is 4.55 Å². The second-order valence-corrected chi connectivity index (χ2v) is 13.5. The molecule has 1 saturated heterocycles. The molecule has 6 rings (SSSR count). The van der Waals surface area contributed by atoms with Crippen LogP contribution in [-0.2, 0) is 10.1 Å². The largest absolute Gasteiger partial charge is 0.493 e. The SMILES string of the molecule is COc1cc2c(Nc3ccc(Cl)c(Cl)c3F)ncnc2cc1OCC1CC2CN(C)CC2C1.Cc1ccc(S(=O)(=O)O)cc1. The molecule has 0 bridgehead atoms. The molecule has 0 radical (unpaired) electrons. The number of ether oxygens (including phenoxy) is 2. The molecule has 9 nitrogen and oxygen atoms in total. The Hall–Kier alpha value is -3.22. The fraction of sp³-hybridized carbons (Fsp3) is 0.355. The second-order valence-electron chi connectivity index (χ2n) is 11.3. The van der Waals surface area contributed by atoms with E-state index in [-0.39, 0.29) is 20.6 Å². The minimum Gasteiger partial charge on any atom is -0.493 e. The molecule has 2 fully saturated rings. The number of nitrogens with zero attached hydrogens (tertiary/aromatic N) is 3. The number of aromatic nitrogens is 2. The lowest BCUT2D eigenvalue weighted by Gasteiger charge is -2.17. The highest BCUT2D eigenvalue weighted by Crippen LogP contribution is 2.42. The average molecular weight is 664 g/mol. The van der Waals surface area contributed by atoms with Gasteiger partial charge < -0.3 is 19.7 Å². The fourth-order valence-corrected chi connectivity index (χ4v) is 6.69. The topological polar surface area (TPSA) is 114 Å². The Labute approximate surface area is 266 Å². The van der Waals surface area contributed by atoms with Crippen molar-refractivity contribution in [3.8, 4) is 11.5 Å². The Kier molecular flexibility index (Phi) is 9.81. The molecule has 2 N–H and O–H groups in total. The predicted molar refractivity (Wildman–Crippen MR) is 169 cm³/mol. The summed E-state index contributed by atoms with van der Waals surface area (Å²) in [5.74, 6) is 3.12. The van der Waals surface area contributed by atoms with E-state index in [4.69, 9.17) is 37.2 Å². The summed E-state index contributed by atoms with van der Waals surface area (Å²) in [5.41, 5.74) is 1.78. The van der Waals surface area contributed by atoms with Crippen molar-refractivity contribution < 1.29 is 26.8 Å². The highest BCUT2D eigenvalue weighted by molar-refractivity contribution is 7.85. The van der Waals surface area contributed by atoms with Gasteiger partial charge in [0.15, 0.2) is 17.3 Å². The Morgan fingerprint density at radius 1 is 1.05 bits per heavy atom. The second kappa shape index (κ2) is 13.4.